The molecule has 1 aromatic carbocycles. The van der Waals surface area contributed by atoms with Crippen LogP contribution in [-0.4, -0.2) is 23.3 Å². The van der Waals surface area contributed by atoms with Crippen molar-refractivity contribution >= 4 is 17.4 Å². The third-order valence-corrected chi connectivity index (χ3v) is 3.73. The Morgan fingerprint density at radius 2 is 2.00 bits per heavy atom. The van der Waals surface area contributed by atoms with Crippen molar-refractivity contribution < 1.29 is 8.78 Å². The van der Waals surface area contributed by atoms with E-state index in [4.69, 9.17) is 11.6 Å². The Balaban J connectivity index is 1.78. The Morgan fingerprint density at radius 3 is 2.70 bits per heavy atom. The maximum absolute atomic E-state index is 13.8. The molecule has 0 radical (unpaired) electrons. The van der Waals surface area contributed by atoms with Gasteiger partial charge < -0.3 is 4.90 Å². The fraction of sp³-hybridized carbons (Fsp3) is 0.286. The Kier molecular flexibility index (Phi) is 3.53. The third-order valence-electron chi connectivity index (χ3n) is 3.53. The van der Waals surface area contributed by atoms with E-state index in [1.165, 1.54) is 12.1 Å². The van der Waals surface area contributed by atoms with Crippen LogP contribution in [0.4, 0.5) is 14.6 Å². The second-order valence-electron chi connectivity index (χ2n) is 4.81. The van der Waals surface area contributed by atoms with Gasteiger partial charge in [0.05, 0.1) is 0 Å². The summed E-state index contributed by atoms with van der Waals surface area (Å²) in [4.78, 5) is 2.02. The van der Waals surface area contributed by atoms with Crippen LogP contribution in [0.3, 0.4) is 0 Å². The molecule has 1 aliphatic heterocycles. The summed E-state index contributed by atoms with van der Waals surface area (Å²) in [5, 5.41) is 8.16. The van der Waals surface area contributed by atoms with Gasteiger partial charge in [-0.2, -0.15) is 0 Å². The zero-order valence-corrected chi connectivity index (χ0v) is 11.3. The molecule has 1 aliphatic rings. The molecule has 0 bridgehead atoms. The minimum absolute atomic E-state index is 0.0353. The summed E-state index contributed by atoms with van der Waals surface area (Å²) in [6.45, 7) is 1.40. The first kappa shape index (κ1) is 13.2. The van der Waals surface area contributed by atoms with Crippen LogP contribution >= 0.6 is 11.6 Å². The Labute approximate surface area is 120 Å². The molecule has 1 atom stereocenters. The summed E-state index contributed by atoms with van der Waals surface area (Å²) in [7, 11) is 0. The lowest BCUT2D eigenvalue weighted by atomic mass is 9.98. The van der Waals surface area contributed by atoms with E-state index in [0.717, 1.165) is 24.8 Å². The van der Waals surface area contributed by atoms with Crippen molar-refractivity contribution in [2.24, 2.45) is 0 Å². The van der Waals surface area contributed by atoms with Gasteiger partial charge in [-0.15, -0.1) is 10.2 Å². The highest BCUT2D eigenvalue weighted by Crippen LogP contribution is 2.31. The van der Waals surface area contributed by atoms with E-state index < -0.39 is 11.6 Å². The monoisotopic (exact) mass is 295 g/mol. The molecule has 20 heavy (non-hydrogen) atoms. The number of hydrogen-bond donors (Lipinski definition) is 0. The van der Waals surface area contributed by atoms with Crippen LogP contribution in [-0.2, 0) is 0 Å². The van der Waals surface area contributed by atoms with Gasteiger partial charge in [0.1, 0.15) is 11.6 Å². The maximum Gasteiger partial charge on any atom is 0.151 e. The van der Waals surface area contributed by atoms with Gasteiger partial charge in [0.15, 0.2) is 11.0 Å². The average Bonchev–Trinajstić information content (AvgIpc) is 2.89. The van der Waals surface area contributed by atoms with Crippen molar-refractivity contribution in [1.82, 2.24) is 10.2 Å². The van der Waals surface area contributed by atoms with E-state index in [1.807, 2.05) is 4.90 Å². The highest BCUT2D eigenvalue weighted by molar-refractivity contribution is 6.29. The van der Waals surface area contributed by atoms with Crippen LogP contribution in [0.1, 0.15) is 17.9 Å². The van der Waals surface area contributed by atoms with E-state index in [-0.39, 0.29) is 5.92 Å². The number of halogens is 3. The van der Waals surface area contributed by atoms with Crippen molar-refractivity contribution in [2.75, 3.05) is 18.0 Å². The van der Waals surface area contributed by atoms with E-state index in [1.54, 1.807) is 12.1 Å². The molecule has 1 unspecified atom stereocenters. The van der Waals surface area contributed by atoms with Gasteiger partial charge in [0.25, 0.3) is 0 Å². The fourth-order valence-corrected chi connectivity index (χ4v) is 2.63. The van der Waals surface area contributed by atoms with Crippen LogP contribution in [0.5, 0.6) is 0 Å². The van der Waals surface area contributed by atoms with Crippen molar-refractivity contribution in [2.45, 2.75) is 12.3 Å². The minimum Gasteiger partial charge on any atom is -0.354 e. The van der Waals surface area contributed by atoms with Crippen molar-refractivity contribution in [1.29, 1.82) is 0 Å². The van der Waals surface area contributed by atoms with Crippen LogP contribution in [0, 0.1) is 11.6 Å². The second kappa shape index (κ2) is 5.32. The largest absolute Gasteiger partial charge is 0.354 e. The van der Waals surface area contributed by atoms with Crippen LogP contribution in [0.25, 0.3) is 0 Å². The summed E-state index contributed by atoms with van der Waals surface area (Å²) in [5.74, 6) is -0.281. The minimum atomic E-state index is -0.551. The molecule has 2 heterocycles. The Bertz CT molecular complexity index is 618. The van der Waals surface area contributed by atoms with Crippen LogP contribution in [0.2, 0.25) is 5.15 Å². The number of aromatic nitrogens is 2. The zero-order valence-electron chi connectivity index (χ0n) is 10.6. The topological polar surface area (TPSA) is 29.0 Å². The summed E-state index contributed by atoms with van der Waals surface area (Å²) in [5.41, 5.74) is 0.552. The average molecular weight is 296 g/mol. The molecule has 0 aliphatic carbocycles. The lowest BCUT2D eigenvalue weighted by Gasteiger charge is -2.17. The summed E-state index contributed by atoms with van der Waals surface area (Å²) < 4.78 is 26.7. The van der Waals surface area contributed by atoms with Gasteiger partial charge in [-0.25, -0.2) is 8.78 Å². The Morgan fingerprint density at radius 1 is 1.15 bits per heavy atom. The molecule has 0 saturated carbocycles. The highest BCUT2D eigenvalue weighted by atomic mass is 35.5. The van der Waals surface area contributed by atoms with Gasteiger partial charge in [-0.05, 0) is 30.2 Å². The first-order chi connectivity index (χ1) is 9.63. The van der Waals surface area contributed by atoms with Gasteiger partial charge in [0, 0.05) is 25.1 Å². The van der Waals surface area contributed by atoms with Crippen LogP contribution in [0.15, 0.2) is 30.3 Å². The lowest BCUT2D eigenvalue weighted by molar-refractivity contribution is 0.559. The first-order valence-electron chi connectivity index (χ1n) is 6.32. The molecular formula is C14H12ClF2N3. The van der Waals surface area contributed by atoms with Crippen molar-refractivity contribution in [3.8, 4) is 0 Å². The van der Waals surface area contributed by atoms with E-state index in [2.05, 4.69) is 10.2 Å². The number of nitrogens with zero attached hydrogens (tertiary/aromatic N) is 3. The van der Waals surface area contributed by atoms with E-state index in [0.29, 0.717) is 17.3 Å². The quantitative estimate of drug-likeness (QED) is 0.850. The highest BCUT2D eigenvalue weighted by Gasteiger charge is 2.27. The SMILES string of the molecule is Fc1ccc(C2CCN(c3ccc(Cl)nn3)C2)c(F)c1. The lowest BCUT2D eigenvalue weighted by Crippen LogP contribution is -2.20. The zero-order chi connectivity index (χ0) is 14.1. The summed E-state index contributed by atoms with van der Waals surface area (Å²) in [6, 6.07) is 7.21. The molecule has 3 rings (SSSR count). The molecule has 1 saturated heterocycles. The standard InChI is InChI=1S/C14H12ClF2N3/c15-13-3-4-14(19-18-13)20-6-5-9(8-20)11-2-1-10(16)7-12(11)17/h1-4,7,9H,5-6,8H2. The van der Waals surface area contributed by atoms with Gasteiger partial charge in [-0.1, -0.05) is 17.7 Å². The number of rotatable bonds is 2. The first-order valence-corrected chi connectivity index (χ1v) is 6.70. The van der Waals surface area contributed by atoms with Crippen molar-refractivity contribution in [3.05, 3.63) is 52.7 Å². The van der Waals surface area contributed by atoms with Gasteiger partial charge >= 0.3 is 0 Å². The second-order valence-corrected chi connectivity index (χ2v) is 5.20. The van der Waals surface area contributed by atoms with E-state index >= 15 is 0 Å². The van der Waals surface area contributed by atoms with E-state index in [9.17, 15) is 8.78 Å². The Hall–Kier alpha value is -1.75. The molecule has 0 spiro atoms. The fourth-order valence-electron chi connectivity index (χ4n) is 2.53. The molecule has 1 aromatic heterocycles. The normalized spacial score (nSPS) is 18.6. The molecule has 0 amide bonds. The number of hydrogen-bond acceptors (Lipinski definition) is 3. The molecular weight excluding hydrogens is 284 g/mol. The molecule has 6 heteroatoms. The summed E-state index contributed by atoms with van der Waals surface area (Å²) >= 11 is 5.70. The molecule has 2 aromatic rings. The predicted octanol–water partition coefficient (Wildman–Crippen LogP) is 3.40. The van der Waals surface area contributed by atoms with Crippen molar-refractivity contribution in [3.63, 3.8) is 0 Å². The maximum atomic E-state index is 13.8. The predicted molar refractivity (Wildman–Crippen MR) is 73.0 cm³/mol. The van der Waals surface area contributed by atoms with Gasteiger partial charge in [0.2, 0.25) is 0 Å². The molecule has 1 fully saturated rings. The molecule has 3 nitrogen and oxygen atoms in total. The summed E-state index contributed by atoms with van der Waals surface area (Å²) in [6.07, 6.45) is 0.798. The third kappa shape index (κ3) is 2.58. The van der Waals surface area contributed by atoms with Crippen LogP contribution < -0.4 is 4.90 Å². The number of benzene rings is 1. The van der Waals surface area contributed by atoms with Gasteiger partial charge in [-0.3, -0.25) is 0 Å². The molecule has 0 N–H and O–H groups in total. The smallest absolute Gasteiger partial charge is 0.151 e. The molecule has 104 valence electrons. The number of anilines is 1.